The summed E-state index contributed by atoms with van der Waals surface area (Å²) in [6.45, 7) is 6.77. The van der Waals surface area contributed by atoms with Gasteiger partial charge in [-0.25, -0.2) is 4.98 Å². The predicted octanol–water partition coefficient (Wildman–Crippen LogP) is 4.61. The monoisotopic (exact) mass is 401 g/mol. The van der Waals surface area contributed by atoms with E-state index in [0.29, 0.717) is 21.9 Å². The molecule has 0 radical (unpaired) electrons. The van der Waals surface area contributed by atoms with Crippen LogP contribution in [0.4, 0.5) is 5.69 Å². The molecule has 142 valence electrons. The topological polar surface area (TPSA) is 64.0 Å². The van der Waals surface area contributed by atoms with Crippen molar-refractivity contribution in [1.82, 2.24) is 9.55 Å². The molecular weight excluding hydrogens is 378 g/mol. The molecule has 0 aliphatic heterocycles. The summed E-state index contributed by atoms with van der Waals surface area (Å²) >= 11 is 2.72. The van der Waals surface area contributed by atoms with Gasteiger partial charge in [-0.1, -0.05) is 31.2 Å². The molecule has 1 amide bonds. The number of thiophene rings is 1. The number of unbranched alkanes of at least 4 members (excludes halogenated alkanes) is 1. The highest BCUT2D eigenvalue weighted by atomic mass is 32.2. The Morgan fingerprint density at radius 2 is 2.07 bits per heavy atom. The summed E-state index contributed by atoms with van der Waals surface area (Å²) in [7, 11) is 0. The van der Waals surface area contributed by atoms with Crippen LogP contribution in [0.1, 0.15) is 30.9 Å². The first-order valence-electron chi connectivity index (χ1n) is 8.97. The van der Waals surface area contributed by atoms with Gasteiger partial charge in [0.15, 0.2) is 5.16 Å². The molecule has 2 aromatic heterocycles. The fraction of sp³-hybridized carbons (Fsp3) is 0.350. The van der Waals surface area contributed by atoms with Crippen LogP contribution in [0, 0.1) is 13.8 Å². The van der Waals surface area contributed by atoms with Crippen LogP contribution in [-0.4, -0.2) is 21.2 Å². The molecule has 27 heavy (non-hydrogen) atoms. The summed E-state index contributed by atoms with van der Waals surface area (Å²) in [6, 6.07) is 7.71. The number of amides is 1. The molecular formula is C20H23N3O2S2. The number of fused-ring (bicyclic) bond motifs is 1. The Morgan fingerprint density at radius 3 is 2.81 bits per heavy atom. The number of hydrogen-bond donors (Lipinski definition) is 1. The van der Waals surface area contributed by atoms with Crippen LogP contribution < -0.4 is 10.9 Å². The molecule has 3 aromatic rings. The highest BCUT2D eigenvalue weighted by Gasteiger charge is 2.14. The number of thioether (sulfide) groups is 1. The molecule has 3 rings (SSSR count). The Labute approximate surface area is 166 Å². The van der Waals surface area contributed by atoms with Crippen molar-refractivity contribution in [3.05, 3.63) is 51.1 Å². The van der Waals surface area contributed by atoms with Crippen molar-refractivity contribution in [1.29, 1.82) is 0 Å². The Balaban J connectivity index is 1.76. The average molecular weight is 402 g/mol. The van der Waals surface area contributed by atoms with E-state index in [2.05, 4.69) is 17.2 Å². The van der Waals surface area contributed by atoms with E-state index in [1.54, 1.807) is 4.57 Å². The highest BCUT2D eigenvalue weighted by molar-refractivity contribution is 7.99. The number of aromatic nitrogens is 2. The van der Waals surface area contributed by atoms with Crippen LogP contribution in [0.3, 0.4) is 0 Å². The quantitative estimate of drug-likeness (QED) is 0.464. The molecule has 0 aliphatic carbocycles. The molecule has 0 unspecified atom stereocenters. The van der Waals surface area contributed by atoms with Crippen molar-refractivity contribution in [3.63, 3.8) is 0 Å². The van der Waals surface area contributed by atoms with Crippen LogP contribution in [0.25, 0.3) is 10.2 Å². The molecule has 0 fully saturated rings. The second kappa shape index (κ2) is 8.71. The summed E-state index contributed by atoms with van der Waals surface area (Å²) in [5, 5.41) is 5.40. The van der Waals surface area contributed by atoms with Crippen molar-refractivity contribution in [2.45, 2.75) is 45.3 Å². The zero-order valence-electron chi connectivity index (χ0n) is 15.7. The lowest BCUT2D eigenvalue weighted by Gasteiger charge is -2.12. The van der Waals surface area contributed by atoms with Crippen molar-refractivity contribution < 1.29 is 4.79 Å². The summed E-state index contributed by atoms with van der Waals surface area (Å²) in [6.07, 6.45) is 1.90. The summed E-state index contributed by atoms with van der Waals surface area (Å²) in [4.78, 5) is 29.7. The fourth-order valence-electron chi connectivity index (χ4n) is 2.69. The number of carbonyl (C=O) groups excluding carboxylic acids is 1. The summed E-state index contributed by atoms with van der Waals surface area (Å²) < 4.78 is 2.38. The smallest absolute Gasteiger partial charge is 0.272 e. The van der Waals surface area contributed by atoms with E-state index in [1.165, 1.54) is 28.7 Å². The number of nitrogens with zero attached hydrogens (tertiary/aromatic N) is 2. The number of benzene rings is 1. The second-order valence-electron chi connectivity index (χ2n) is 6.48. The average Bonchev–Trinajstić information content (AvgIpc) is 3.11. The van der Waals surface area contributed by atoms with Gasteiger partial charge in [0.2, 0.25) is 5.91 Å². The van der Waals surface area contributed by atoms with Gasteiger partial charge in [-0.15, -0.1) is 11.3 Å². The van der Waals surface area contributed by atoms with Gasteiger partial charge in [0, 0.05) is 12.2 Å². The minimum Gasteiger partial charge on any atom is -0.325 e. The molecule has 1 N–H and O–H groups in total. The van der Waals surface area contributed by atoms with Gasteiger partial charge in [0.1, 0.15) is 4.70 Å². The standard InChI is InChI=1S/C20H23N3O2S2/c1-4-5-9-23-19(25)18-16(8-10-26-18)22-20(23)27-12-17(24)21-15-7-6-13(2)14(3)11-15/h6-8,10-11H,4-5,9,12H2,1-3H3,(H,21,24). The maximum absolute atomic E-state index is 12.7. The number of anilines is 1. The Hall–Kier alpha value is -2.12. The molecule has 0 bridgehead atoms. The van der Waals surface area contributed by atoms with Gasteiger partial charge in [-0.3, -0.25) is 14.2 Å². The predicted molar refractivity (Wildman–Crippen MR) is 114 cm³/mol. The minimum atomic E-state index is -0.107. The molecule has 2 heterocycles. The van der Waals surface area contributed by atoms with Crippen LogP contribution in [0.2, 0.25) is 0 Å². The molecule has 0 spiro atoms. The number of rotatable bonds is 7. The lowest BCUT2D eigenvalue weighted by Crippen LogP contribution is -2.23. The third-order valence-corrected chi connectivity index (χ3v) is 6.26. The van der Waals surface area contributed by atoms with E-state index < -0.39 is 0 Å². The zero-order chi connectivity index (χ0) is 19.4. The maximum Gasteiger partial charge on any atom is 0.272 e. The first-order chi connectivity index (χ1) is 13.0. The van der Waals surface area contributed by atoms with Gasteiger partial charge in [0.05, 0.1) is 11.3 Å². The first-order valence-corrected chi connectivity index (χ1v) is 10.8. The maximum atomic E-state index is 12.7. The zero-order valence-corrected chi connectivity index (χ0v) is 17.4. The van der Waals surface area contributed by atoms with E-state index >= 15 is 0 Å². The van der Waals surface area contributed by atoms with E-state index in [-0.39, 0.29) is 17.2 Å². The molecule has 1 aromatic carbocycles. The van der Waals surface area contributed by atoms with Crippen LogP contribution >= 0.6 is 23.1 Å². The Morgan fingerprint density at radius 1 is 1.26 bits per heavy atom. The third-order valence-electron chi connectivity index (χ3n) is 4.39. The number of aryl methyl sites for hydroxylation is 2. The van der Waals surface area contributed by atoms with Crippen molar-refractivity contribution in [2.75, 3.05) is 11.1 Å². The van der Waals surface area contributed by atoms with Gasteiger partial charge in [-0.2, -0.15) is 0 Å². The first kappa shape index (κ1) is 19.6. The van der Waals surface area contributed by atoms with Crippen molar-refractivity contribution >= 4 is 44.9 Å². The van der Waals surface area contributed by atoms with Crippen molar-refractivity contribution in [3.8, 4) is 0 Å². The largest absolute Gasteiger partial charge is 0.325 e. The molecule has 7 heteroatoms. The van der Waals surface area contributed by atoms with Crippen molar-refractivity contribution in [2.24, 2.45) is 0 Å². The third kappa shape index (κ3) is 4.59. The molecule has 0 saturated heterocycles. The van der Waals surface area contributed by atoms with Gasteiger partial charge >= 0.3 is 0 Å². The van der Waals surface area contributed by atoms with E-state index in [0.717, 1.165) is 24.1 Å². The van der Waals surface area contributed by atoms with E-state index in [1.807, 2.05) is 43.5 Å². The Bertz CT molecular complexity index is 1020. The van der Waals surface area contributed by atoms with Crippen LogP contribution in [0.15, 0.2) is 39.6 Å². The summed E-state index contributed by atoms with van der Waals surface area (Å²) in [5.74, 6) is 0.103. The van der Waals surface area contributed by atoms with E-state index in [4.69, 9.17) is 0 Å². The summed E-state index contributed by atoms with van der Waals surface area (Å²) in [5.41, 5.74) is 3.80. The molecule has 0 atom stereocenters. The van der Waals surface area contributed by atoms with E-state index in [9.17, 15) is 9.59 Å². The lowest BCUT2D eigenvalue weighted by molar-refractivity contribution is -0.113. The fourth-order valence-corrected chi connectivity index (χ4v) is 4.30. The molecule has 0 saturated carbocycles. The number of nitrogens with one attached hydrogen (secondary N) is 1. The molecule has 5 nitrogen and oxygen atoms in total. The second-order valence-corrected chi connectivity index (χ2v) is 8.33. The van der Waals surface area contributed by atoms with Gasteiger partial charge < -0.3 is 5.32 Å². The van der Waals surface area contributed by atoms with Crippen LogP contribution in [0.5, 0.6) is 0 Å². The number of carbonyl (C=O) groups is 1. The van der Waals surface area contributed by atoms with Gasteiger partial charge in [-0.05, 0) is 55.0 Å². The van der Waals surface area contributed by atoms with Crippen LogP contribution in [-0.2, 0) is 11.3 Å². The highest BCUT2D eigenvalue weighted by Crippen LogP contribution is 2.22. The number of hydrogen-bond acceptors (Lipinski definition) is 5. The lowest BCUT2D eigenvalue weighted by atomic mass is 10.1. The SMILES string of the molecule is CCCCn1c(SCC(=O)Nc2ccc(C)c(C)c2)nc2ccsc2c1=O. The van der Waals surface area contributed by atoms with Gasteiger partial charge in [0.25, 0.3) is 5.56 Å². The Kier molecular flexibility index (Phi) is 6.34. The molecule has 0 aliphatic rings. The normalized spacial score (nSPS) is 11.1. The minimum absolute atomic E-state index is 0.0134.